The minimum atomic E-state index is -0.154. The molecule has 0 amide bonds. The molecule has 1 aromatic heterocycles. The van der Waals surface area contributed by atoms with Crippen molar-refractivity contribution in [1.82, 2.24) is 4.98 Å². The van der Waals surface area contributed by atoms with E-state index in [9.17, 15) is 4.79 Å². The standard InChI is InChI=1S/C25H26N2O3/c1-16-5-4-6-17(11-16)14-26-24-10-8-19(15-27-24)18-7-9-23(29-2)21(12-18)20-13-22(20)25(28)30-3/h4-12,15,20,22H,13-14H2,1-3H3,(H,26,27). The lowest BCUT2D eigenvalue weighted by Crippen LogP contribution is -2.04. The molecule has 1 aliphatic carbocycles. The fourth-order valence-corrected chi connectivity index (χ4v) is 3.84. The summed E-state index contributed by atoms with van der Waals surface area (Å²) in [5.74, 6) is 1.56. The van der Waals surface area contributed by atoms with Crippen LogP contribution >= 0.6 is 0 Å². The van der Waals surface area contributed by atoms with E-state index < -0.39 is 0 Å². The molecule has 1 aliphatic rings. The number of hydrogen-bond donors (Lipinski definition) is 1. The molecule has 3 aromatic rings. The van der Waals surface area contributed by atoms with Gasteiger partial charge in [0.05, 0.1) is 20.1 Å². The number of nitrogens with one attached hydrogen (secondary N) is 1. The van der Waals surface area contributed by atoms with Crippen molar-refractivity contribution in [3.8, 4) is 16.9 Å². The van der Waals surface area contributed by atoms with E-state index in [2.05, 4.69) is 53.6 Å². The summed E-state index contributed by atoms with van der Waals surface area (Å²) in [6.07, 6.45) is 2.67. The van der Waals surface area contributed by atoms with Crippen LogP contribution in [0.5, 0.6) is 5.75 Å². The molecule has 2 atom stereocenters. The molecule has 0 radical (unpaired) electrons. The highest BCUT2D eigenvalue weighted by Gasteiger charge is 2.46. The average Bonchev–Trinajstić information content (AvgIpc) is 3.58. The number of methoxy groups -OCH3 is 2. The van der Waals surface area contributed by atoms with Crippen molar-refractivity contribution >= 4 is 11.8 Å². The molecule has 0 saturated heterocycles. The van der Waals surface area contributed by atoms with Gasteiger partial charge in [-0.15, -0.1) is 0 Å². The van der Waals surface area contributed by atoms with Gasteiger partial charge in [0.2, 0.25) is 0 Å². The zero-order valence-electron chi connectivity index (χ0n) is 17.5. The molecular formula is C25H26N2O3. The Morgan fingerprint density at radius 2 is 1.93 bits per heavy atom. The number of nitrogens with zero attached hydrogens (tertiary/aromatic N) is 1. The van der Waals surface area contributed by atoms with Gasteiger partial charge in [-0.05, 0) is 54.3 Å². The highest BCUT2D eigenvalue weighted by atomic mass is 16.5. The second-order valence-corrected chi connectivity index (χ2v) is 7.70. The Bertz CT molecular complexity index is 1050. The van der Waals surface area contributed by atoms with Crippen molar-refractivity contribution in [3.05, 3.63) is 77.5 Å². The molecule has 0 bridgehead atoms. The third-order valence-electron chi connectivity index (χ3n) is 5.58. The Morgan fingerprint density at radius 3 is 2.63 bits per heavy atom. The fraction of sp³-hybridized carbons (Fsp3) is 0.280. The maximum Gasteiger partial charge on any atom is 0.309 e. The van der Waals surface area contributed by atoms with Crippen molar-refractivity contribution in [2.75, 3.05) is 19.5 Å². The van der Waals surface area contributed by atoms with Crippen LogP contribution in [-0.2, 0) is 16.1 Å². The van der Waals surface area contributed by atoms with Gasteiger partial charge in [0.25, 0.3) is 0 Å². The maximum atomic E-state index is 11.9. The molecule has 0 spiro atoms. The van der Waals surface area contributed by atoms with Crippen molar-refractivity contribution in [3.63, 3.8) is 0 Å². The zero-order chi connectivity index (χ0) is 21.1. The molecule has 1 N–H and O–H groups in total. The number of rotatable bonds is 7. The predicted molar refractivity (Wildman–Crippen MR) is 118 cm³/mol. The normalized spacial score (nSPS) is 17.3. The Kier molecular flexibility index (Phi) is 5.70. The fourth-order valence-electron chi connectivity index (χ4n) is 3.84. The van der Waals surface area contributed by atoms with Gasteiger partial charge >= 0.3 is 5.97 Å². The smallest absolute Gasteiger partial charge is 0.309 e. The van der Waals surface area contributed by atoms with E-state index in [0.717, 1.165) is 41.2 Å². The first-order valence-electron chi connectivity index (χ1n) is 10.1. The third kappa shape index (κ3) is 4.30. The zero-order valence-corrected chi connectivity index (χ0v) is 17.5. The van der Waals surface area contributed by atoms with Gasteiger partial charge in [0.15, 0.2) is 0 Å². The van der Waals surface area contributed by atoms with Crippen molar-refractivity contribution in [1.29, 1.82) is 0 Å². The van der Waals surface area contributed by atoms with E-state index in [0.29, 0.717) is 0 Å². The number of carbonyl (C=O) groups excluding carboxylic acids is 1. The van der Waals surface area contributed by atoms with Gasteiger partial charge < -0.3 is 14.8 Å². The average molecular weight is 402 g/mol. The lowest BCUT2D eigenvalue weighted by atomic mass is 10.0. The summed E-state index contributed by atoms with van der Waals surface area (Å²) in [7, 11) is 3.09. The van der Waals surface area contributed by atoms with Crippen LogP contribution in [0, 0.1) is 12.8 Å². The van der Waals surface area contributed by atoms with Crippen LogP contribution in [0.3, 0.4) is 0 Å². The largest absolute Gasteiger partial charge is 0.496 e. The Balaban J connectivity index is 1.49. The number of esters is 1. The van der Waals surface area contributed by atoms with E-state index in [4.69, 9.17) is 9.47 Å². The second kappa shape index (κ2) is 8.57. The quantitative estimate of drug-likeness (QED) is 0.567. The van der Waals surface area contributed by atoms with E-state index in [1.54, 1.807) is 7.11 Å². The molecule has 5 heteroatoms. The van der Waals surface area contributed by atoms with Crippen LogP contribution in [0.15, 0.2) is 60.8 Å². The summed E-state index contributed by atoms with van der Waals surface area (Å²) in [5, 5.41) is 3.37. The van der Waals surface area contributed by atoms with Crippen molar-refractivity contribution in [2.24, 2.45) is 5.92 Å². The summed E-state index contributed by atoms with van der Waals surface area (Å²) >= 11 is 0. The summed E-state index contributed by atoms with van der Waals surface area (Å²) in [5.41, 5.74) is 5.60. The van der Waals surface area contributed by atoms with Crippen molar-refractivity contribution in [2.45, 2.75) is 25.8 Å². The summed E-state index contributed by atoms with van der Waals surface area (Å²) < 4.78 is 10.4. The van der Waals surface area contributed by atoms with Crippen LogP contribution < -0.4 is 10.1 Å². The molecule has 30 heavy (non-hydrogen) atoms. The van der Waals surface area contributed by atoms with Gasteiger partial charge in [-0.2, -0.15) is 0 Å². The molecule has 0 aliphatic heterocycles. The van der Waals surface area contributed by atoms with Crippen LogP contribution in [0.4, 0.5) is 5.82 Å². The molecule has 154 valence electrons. The van der Waals surface area contributed by atoms with Crippen molar-refractivity contribution < 1.29 is 14.3 Å². The number of anilines is 1. The number of benzene rings is 2. The van der Waals surface area contributed by atoms with Gasteiger partial charge in [-0.1, -0.05) is 35.9 Å². The summed E-state index contributed by atoms with van der Waals surface area (Å²) in [4.78, 5) is 16.4. The highest BCUT2D eigenvalue weighted by molar-refractivity contribution is 5.78. The number of carbonyl (C=O) groups is 1. The molecule has 1 saturated carbocycles. The lowest BCUT2D eigenvalue weighted by Gasteiger charge is -2.12. The topological polar surface area (TPSA) is 60.5 Å². The van der Waals surface area contributed by atoms with Crippen LogP contribution in [-0.4, -0.2) is 25.2 Å². The van der Waals surface area contributed by atoms with Gasteiger partial charge in [-0.25, -0.2) is 4.98 Å². The lowest BCUT2D eigenvalue weighted by molar-refractivity contribution is -0.142. The van der Waals surface area contributed by atoms with E-state index in [-0.39, 0.29) is 17.8 Å². The number of aromatic nitrogens is 1. The molecule has 1 fully saturated rings. The molecule has 1 heterocycles. The number of pyridine rings is 1. The SMILES string of the molecule is COC(=O)C1CC1c1cc(-c2ccc(NCc3cccc(C)c3)nc2)ccc1OC. The molecule has 2 aromatic carbocycles. The minimum Gasteiger partial charge on any atom is -0.496 e. The Morgan fingerprint density at radius 1 is 1.10 bits per heavy atom. The Hall–Kier alpha value is -3.34. The van der Waals surface area contributed by atoms with E-state index >= 15 is 0 Å². The minimum absolute atomic E-state index is 0.0783. The number of ether oxygens (including phenoxy) is 2. The van der Waals surface area contributed by atoms with Gasteiger partial charge in [0, 0.05) is 24.2 Å². The first-order valence-corrected chi connectivity index (χ1v) is 10.1. The van der Waals surface area contributed by atoms with Crippen LogP contribution in [0.1, 0.15) is 29.0 Å². The third-order valence-corrected chi connectivity index (χ3v) is 5.58. The van der Waals surface area contributed by atoms with Gasteiger partial charge in [-0.3, -0.25) is 4.79 Å². The molecule has 2 unspecified atom stereocenters. The first kappa shape index (κ1) is 20.0. The number of aryl methyl sites for hydroxylation is 1. The predicted octanol–water partition coefficient (Wildman–Crippen LogP) is 4.95. The molecular weight excluding hydrogens is 376 g/mol. The van der Waals surface area contributed by atoms with Crippen LogP contribution in [0.2, 0.25) is 0 Å². The Labute approximate surface area is 177 Å². The molecule has 4 rings (SSSR count). The monoisotopic (exact) mass is 402 g/mol. The number of hydrogen-bond acceptors (Lipinski definition) is 5. The van der Waals surface area contributed by atoms with Crippen LogP contribution in [0.25, 0.3) is 11.1 Å². The van der Waals surface area contributed by atoms with E-state index in [1.807, 2.05) is 24.4 Å². The first-order chi connectivity index (χ1) is 14.6. The maximum absolute atomic E-state index is 11.9. The second-order valence-electron chi connectivity index (χ2n) is 7.70. The summed E-state index contributed by atoms with van der Waals surface area (Å²) in [6, 6.07) is 18.6. The molecule has 5 nitrogen and oxygen atoms in total. The summed E-state index contributed by atoms with van der Waals surface area (Å²) in [6.45, 7) is 2.83. The van der Waals surface area contributed by atoms with E-state index in [1.165, 1.54) is 18.2 Å². The highest BCUT2D eigenvalue weighted by Crippen LogP contribution is 2.51. The van der Waals surface area contributed by atoms with Gasteiger partial charge in [0.1, 0.15) is 11.6 Å².